The molecule has 0 aromatic heterocycles. The van der Waals surface area contributed by atoms with Gasteiger partial charge < -0.3 is 87.3 Å². The zero-order chi connectivity index (χ0) is 51.5. The van der Waals surface area contributed by atoms with Gasteiger partial charge in [0.15, 0.2) is 12.6 Å². The van der Waals surface area contributed by atoms with Crippen molar-refractivity contribution in [1.29, 1.82) is 0 Å². The molecule has 0 aromatic carbocycles. The number of rotatable bonds is 19. The maximum Gasteiger partial charge on any atom is 0.407 e. The second-order valence-electron chi connectivity index (χ2n) is 23.7. The fourth-order valence-electron chi connectivity index (χ4n) is 14.4. The molecule has 19 nitrogen and oxygen atoms in total. The Bertz CT molecular complexity index is 1780. The van der Waals surface area contributed by atoms with Crippen molar-refractivity contribution in [2.75, 3.05) is 19.7 Å². The predicted octanol–water partition coefficient (Wildman–Crippen LogP) is 1.56. The number of hydrogen-bond donors (Lipinski definition) is 12. The number of hydrogen-bond acceptors (Lipinski definition) is 17. The number of carbonyl (C=O) groups excluding carboxylic acids is 2. The summed E-state index contributed by atoms with van der Waals surface area (Å²) in [4.78, 5) is 25.8. The quantitative estimate of drug-likeness (QED) is 0.0645. The Labute approximate surface area is 420 Å². The molecule has 7 aliphatic rings. The van der Waals surface area contributed by atoms with E-state index in [1.54, 1.807) is 0 Å². The van der Waals surface area contributed by atoms with Crippen LogP contribution in [0.4, 0.5) is 4.79 Å². The first-order valence-corrected chi connectivity index (χ1v) is 27.2. The Balaban J connectivity index is 0.795. The summed E-state index contributed by atoms with van der Waals surface area (Å²) in [5.74, 6) is 4.34. The van der Waals surface area contributed by atoms with Crippen LogP contribution in [0.2, 0.25) is 0 Å². The molecule has 19 heteroatoms. The molecule has 0 unspecified atom stereocenters. The van der Waals surface area contributed by atoms with Crippen molar-refractivity contribution < 1.29 is 69.0 Å². The molecule has 0 bridgehead atoms. The van der Waals surface area contributed by atoms with Crippen LogP contribution in [-0.4, -0.2) is 165 Å². The summed E-state index contributed by atoms with van der Waals surface area (Å²) in [5.41, 5.74) is 20.6. The maximum absolute atomic E-state index is 12.9. The van der Waals surface area contributed by atoms with E-state index in [1.165, 1.54) is 50.5 Å². The number of carbonyl (C=O) groups is 2. The molecule has 15 N–H and O–H groups in total. The summed E-state index contributed by atoms with van der Waals surface area (Å²) >= 11 is 0. The van der Waals surface area contributed by atoms with E-state index < -0.39 is 104 Å². The number of nitrogens with two attached hydrogens (primary N) is 3. The van der Waals surface area contributed by atoms with E-state index >= 15 is 0 Å². The van der Waals surface area contributed by atoms with Gasteiger partial charge in [0.2, 0.25) is 5.91 Å². The van der Waals surface area contributed by atoms with E-state index in [9.17, 15) is 45.3 Å². The Kier molecular flexibility index (Phi) is 19.4. The number of aliphatic hydroxyl groups excluding tert-OH is 7. The number of alkyl carbamates (subject to hydrolysis) is 1. The molecule has 0 radical (unpaired) electrons. The van der Waals surface area contributed by atoms with Crippen molar-refractivity contribution in [3.63, 3.8) is 0 Å². The third-order valence-corrected chi connectivity index (χ3v) is 18.6. The number of fused-ring (bicyclic) bond motifs is 5. The minimum atomic E-state index is -1.78. The third-order valence-electron chi connectivity index (χ3n) is 18.6. The standard InChI is InChI=1S/C52H91N5O14/c1-26(2)10-9-11-27(3)31-15-16-32-30-14-13-28-22-29(17-19-51(28,4)33(30)18-20-52(31,32)5)67-50(66)56-21-8-6-7-12-38(59)57-24-36-41(61)43(63)44(64)49(68-36)71-47-35(54)23-34(53)46(45(47)65)70-48-42(62)39(55)40(60)37(25-58)69-48/h13,26-27,29-37,39-49,58,60-65H,6-12,14-25,53-55H2,1-5H3,(H,56,66)(H,57,59)/t27-,29+,30+,31-,32+,33+,34-,35+,36-,37-,39+,40-,41-,42-,43+,44-,45-,46+,47+,48+,49+,51+,52-/m1/s1. The Morgan fingerprint density at radius 3 is 2.14 bits per heavy atom. The van der Waals surface area contributed by atoms with Gasteiger partial charge in [0.1, 0.15) is 67.1 Å². The zero-order valence-corrected chi connectivity index (χ0v) is 42.9. The summed E-state index contributed by atoms with van der Waals surface area (Å²) in [6.07, 6.45) is -0.431. The molecule has 2 aliphatic heterocycles. The first-order valence-electron chi connectivity index (χ1n) is 27.2. The number of ether oxygens (including phenoxy) is 5. The monoisotopic (exact) mass is 1010 g/mol. The lowest BCUT2D eigenvalue weighted by Crippen LogP contribution is -2.68. The molecule has 71 heavy (non-hydrogen) atoms. The van der Waals surface area contributed by atoms with Crippen LogP contribution in [0.3, 0.4) is 0 Å². The molecule has 6 fully saturated rings. The molecule has 2 saturated heterocycles. The van der Waals surface area contributed by atoms with Gasteiger partial charge in [-0.05, 0) is 111 Å². The summed E-state index contributed by atoms with van der Waals surface area (Å²) in [6, 6.07) is -3.06. The molecule has 5 aliphatic carbocycles. The summed E-state index contributed by atoms with van der Waals surface area (Å²) in [5, 5.41) is 79.7. The van der Waals surface area contributed by atoms with Crippen LogP contribution in [0.1, 0.15) is 137 Å². The van der Waals surface area contributed by atoms with Crippen LogP contribution in [0.15, 0.2) is 11.6 Å². The van der Waals surface area contributed by atoms with E-state index in [-0.39, 0.29) is 36.8 Å². The SMILES string of the molecule is CC(C)CCC[C@@H](C)[C@H]1CC[C@H]2[C@@H]3CC=C4C[C@@H](OC(=O)NCCCCCC(=O)NC[C@H]5O[C@@H](O[C@@H]6[C@H](O)[C@@H](O[C@@H]7O[C@H](CO)[C@@H](O)[C@H](N)[C@H]7O)[C@H](N)C[C@@H]6N)[C@H](O)[C@@H](O)[C@@H]5O)CC[C@]4(C)[C@H]3CC[C@]12C. The van der Waals surface area contributed by atoms with Gasteiger partial charge in [0, 0.05) is 38.0 Å². The number of allylic oxidation sites excluding steroid dienone is 1. The van der Waals surface area contributed by atoms with Crippen LogP contribution in [-0.2, 0) is 28.5 Å². The minimum Gasteiger partial charge on any atom is -0.446 e. The molecule has 408 valence electrons. The van der Waals surface area contributed by atoms with E-state index in [4.69, 9.17) is 40.9 Å². The molecule has 23 atom stereocenters. The molecule has 4 saturated carbocycles. The highest BCUT2D eigenvalue weighted by Gasteiger charge is 2.59. The highest BCUT2D eigenvalue weighted by atomic mass is 16.7. The van der Waals surface area contributed by atoms with Gasteiger partial charge in [-0.1, -0.05) is 72.0 Å². The number of aliphatic hydroxyl groups is 7. The van der Waals surface area contributed by atoms with Gasteiger partial charge in [0.05, 0.1) is 12.6 Å². The highest BCUT2D eigenvalue weighted by Crippen LogP contribution is 2.67. The van der Waals surface area contributed by atoms with Gasteiger partial charge >= 0.3 is 6.09 Å². The minimum absolute atomic E-state index is 0.0270. The van der Waals surface area contributed by atoms with Gasteiger partial charge in [-0.3, -0.25) is 4.79 Å². The van der Waals surface area contributed by atoms with Crippen molar-refractivity contribution in [2.45, 2.75) is 235 Å². The lowest BCUT2D eigenvalue weighted by atomic mass is 9.47. The topological polar surface area (TPSA) is 324 Å². The highest BCUT2D eigenvalue weighted by molar-refractivity contribution is 5.75. The van der Waals surface area contributed by atoms with Crippen molar-refractivity contribution in [1.82, 2.24) is 10.6 Å². The Morgan fingerprint density at radius 2 is 1.45 bits per heavy atom. The summed E-state index contributed by atoms with van der Waals surface area (Å²) in [6.45, 7) is 11.9. The molecule has 0 spiro atoms. The van der Waals surface area contributed by atoms with Crippen LogP contribution < -0.4 is 27.8 Å². The van der Waals surface area contributed by atoms with Gasteiger partial charge in [-0.25, -0.2) is 4.79 Å². The van der Waals surface area contributed by atoms with Crippen molar-refractivity contribution >= 4 is 12.0 Å². The number of nitrogens with one attached hydrogen (secondary N) is 2. The molecule has 7 rings (SSSR count). The predicted molar refractivity (Wildman–Crippen MR) is 262 cm³/mol. The smallest absolute Gasteiger partial charge is 0.407 e. The van der Waals surface area contributed by atoms with Crippen LogP contribution in [0, 0.1) is 46.3 Å². The van der Waals surface area contributed by atoms with Gasteiger partial charge in [-0.2, -0.15) is 0 Å². The molecule has 0 aromatic rings. The van der Waals surface area contributed by atoms with Crippen LogP contribution in [0.5, 0.6) is 0 Å². The molecule has 2 heterocycles. The fourth-order valence-corrected chi connectivity index (χ4v) is 14.4. The van der Waals surface area contributed by atoms with E-state index in [0.29, 0.717) is 37.1 Å². The van der Waals surface area contributed by atoms with E-state index in [2.05, 4.69) is 51.3 Å². The lowest BCUT2D eigenvalue weighted by molar-refractivity contribution is -0.332. The van der Waals surface area contributed by atoms with Gasteiger partial charge in [0.25, 0.3) is 0 Å². The normalized spacial score (nSPS) is 45.0. The average Bonchev–Trinajstić information content (AvgIpc) is 3.69. The first-order chi connectivity index (χ1) is 33.7. The Hall–Kier alpha value is -2.08. The molecular formula is C52H91N5O14. The van der Waals surface area contributed by atoms with E-state index in [0.717, 1.165) is 55.3 Å². The van der Waals surface area contributed by atoms with Crippen molar-refractivity contribution in [3.8, 4) is 0 Å². The second-order valence-corrected chi connectivity index (χ2v) is 23.7. The molecule has 2 amide bonds. The van der Waals surface area contributed by atoms with E-state index in [1.807, 2.05) is 0 Å². The summed E-state index contributed by atoms with van der Waals surface area (Å²) < 4.78 is 29.0. The Morgan fingerprint density at radius 1 is 0.761 bits per heavy atom. The number of amides is 2. The second kappa shape index (κ2) is 24.3. The van der Waals surface area contributed by atoms with Crippen LogP contribution in [0.25, 0.3) is 0 Å². The van der Waals surface area contributed by atoms with Crippen molar-refractivity contribution in [2.24, 2.45) is 63.5 Å². The zero-order valence-electron chi connectivity index (χ0n) is 42.9. The maximum atomic E-state index is 12.9. The van der Waals surface area contributed by atoms with Crippen LogP contribution >= 0.6 is 0 Å². The average molecular weight is 1010 g/mol. The number of unbranched alkanes of at least 4 members (excludes halogenated alkanes) is 2. The largest absolute Gasteiger partial charge is 0.446 e. The van der Waals surface area contributed by atoms with Crippen molar-refractivity contribution in [3.05, 3.63) is 11.6 Å². The third kappa shape index (κ3) is 12.5. The summed E-state index contributed by atoms with van der Waals surface area (Å²) in [7, 11) is 0. The first kappa shape index (κ1) is 56.6. The van der Waals surface area contributed by atoms with Gasteiger partial charge in [-0.15, -0.1) is 0 Å². The lowest BCUT2D eigenvalue weighted by Gasteiger charge is -2.58. The fraction of sp³-hybridized carbons (Fsp3) is 0.923. The molecular weight excluding hydrogens is 919 g/mol.